The molecule has 0 aliphatic carbocycles. The van der Waals surface area contributed by atoms with Crippen LogP contribution in [0.15, 0.2) is 0 Å². The second-order valence-electron chi connectivity index (χ2n) is 4.63. The minimum atomic E-state index is 0.450. The van der Waals surface area contributed by atoms with Gasteiger partial charge in [-0.05, 0) is 26.3 Å². The molecule has 92 valence electrons. The Balaban J connectivity index is 2.29. The van der Waals surface area contributed by atoms with Crippen molar-refractivity contribution in [1.82, 2.24) is 15.1 Å². The van der Waals surface area contributed by atoms with Gasteiger partial charge in [0, 0.05) is 26.7 Å². The Labute approximate surface area is 102 Å². The summed E-state index contributed by atoms with van der Waals surface area (Å²) in [6.07, 6.45) is 2.35. The van der Waals surface area contributed by atoms with Crippen molar-refractivity contribution in [3.05, 3.63) is 11.3 Å². The summed E-state index contributed by atoms with van der Waals surface area (Å²) in [7, 11) is 3.95. The van der Waals surface area contributed by atoms with Crippen molar-refractivity contribution < 1.29 is 0 Å². The van der Waals surface area contributed by atoms with Gasteiger partial charge in [0.25, 0.3) is 0 Å². The van der Waals surface area contributed by atoms with Crippen LogP contribution in [0.25, 0.3) is 0 Å². The fourth-order valence-corrected chi connectivity index (χ4v) is 2.52. The van der Waals surface area contributed by atoms with Gasteiger partial charge in [-0.3, -0.25) is 4.68 Å². The molecule has 1 saturated heterocycles. The molecule has 1 unspecified atom stereocenters. The molecule has 1 aliphatic heterocycles. The Kier molecular flexibility index (Phi) is 3.34. The Morgan fingerprint density at radius 1 is 1.59 bits per heavy atom. The largest absolute Gasteiger partial charge is 0.355 e. The molecule has 0 spiro atoms. The van der Waals surface area contributed by atoms with Crippen molar-refractivity contribution in [2.24, 2.45) is 7.05 Å². The predicted octanol–water partition coefficient (Wildman–Crippen LogP) is 0.788. The van der Waals surface area contributed by atoms with Crippen LogP contribution in [0.3, 0.4) is 0 Å². The molecule has 1 N–H and O–H groups in total. The van der Waals surface area contributed by atoms with Crippen LogP contribution in [-0.2, 0) is 7.05 Å². The summed E-state index contributed by atoms with van der Waals surface area (Å²) in [5, 5.41) is 16.9. The van der Waals surface area contributed by atoms with Crippen LogP contribution in [0.2, 0.25) is 0 Å². The zero-order chi connectivity index (χ0) is 12.4. The third-order valence-corrected chi connectivity index (χ3v) is 3.46. The summed E-state index contributed by atoms with van der Waals surface area (Å²) in [5.74, 6) is 0.929. The number of anilines is 1. The molecule has 5 heteroatoms. The van der Waals surface area contributed by atoms with Gasteiger partial charge in [0.15, 0.2) is 0 Å². The molecule has 5 nitrogen and oxygen atoms in total. The maximum Gasteiger partial charge on any atom is 0.145 e. The molecule has 1 aromatic rings. The first-order valence-electron chi connectivity index (χ1n) is 6.02. The zero-order valence-corrected chi connectivity index (χ0v) is 10.7. The number of aromatic nitrogens is 2. The van der Waals surface area contributed by atoms with E-state index in [9.17, 15) is 5.26 Å². The third-order valence-electron chi connectivity index (χ3n) is 3.46. The number of hydrogen-bond acceptors (Lipinski definition) is 4. The van der Waals surface area contributed by atoms with Crippen LogP contribution in [0.5, 0.6) is 0 Å². The maximum atomic E-state index is 9.21. The van der Waals surface area contributed by atoms with Crippen LogP contribution in [0.4, 0.5) is 5.82 Å². The van der Waals surface area contributed by atoms with Gasteiger partial charge in [-0.2, -0.15) is 10.4 Å². The average Bonchev–Trinajstić information content (AvgIpc) is 2.63. The zero-order valence-electron chi connectivity index (χ0n) is 10.7. The van der Waals surface area contributed by atoms with E-state index in [4.69, 9.17) is 0 Å². The van der Waals surface area contributed by atoms with E-state index < -0.39 is 0 Å². The van der Waals surface area contributed by atoms with Gasteiger partial charge in [0.05, 0.1) is 5.69 Å². The van der Waals surface area contributed by atoms with Crippen LogP contribution >= 0.6 is 0 Å². The minimum Gasteiger partial charge on any atom is -0.355 e. The number of aryl methyl sites for hydroxylation is 2. The summed E-state index contributed by atoms with van der Waals surface area (Å²) >= 11 is 0. The molecule has 17 heavy (non-hydrogen) atoms. The molecular formula is C12H19N5. The lowest BCUT2D eigenvalue weighted by Crippen LogP contribution is -2.45. The molecule has 0 aromatic carbocycles. The van der Waals surface area contributed by atoms with Gasteiger partial charge < -0.3 is 10.2 Å². The number of hydrogen-bond donors (Lipinski definition) is 1. The lowest BCUT2D eigenvalue weighted by Gasteiger charge is -2.33. The van der Waals surface area contributed by atoms with Crippen LogP contribution in [0.1, 0.15) is 24.1 Å². The first-order chi connectivity index (χ1) is 8.15. The van der Waals surface area contributed by atoms with E-state index in [1.165, 1.54) is 12.8 Å². The van der Waals surface area contributed by atoms with Crippen LogP contribution < -0.4 is 10.2 Å². The Hall–Kier alpha value is -1.54. The molecule has 1 aromatic heterocycles. The van der Waals surface area contributed by atoms with E-state index >= 15 is 0 Å². The van der Waals surface area contributed by atoms with E-state index in [-0.39, 0.29) is 0 Å². The first-order valence-corrected chi connectivity index (χ1v) is 6.02. The highest BCUT2D eigenvalue weighted by atomic mass is 15.4. The summed E-state index contributed by atoms with van der Waals surface area (Å²) in [5.41, 5.74) is 1.50. The molecule has 0 radical (unpaired) electrons. The lowest BCUT2D eigenvalue weighted by molar-refractivity contribution is 0.440. The Bertz CT molecular complexity index is 436. The standard InChI is InChI=1S/C12H19N5/c1-9-11(7-13)12(17(3)15-9)16(2)10-5-4-6-14-8-10/h10,14H,4-6,8H2,1-3H3. The highest BCUT2D eigenvalue weighted by molar-refractivity contribution is 5.57. The normalized spacial score (nSPS) is 20.0. The highest BCUT2D eigenvalue weighted by Crippen LogP contribution is 2.24. The quantitative estimate of drug-likeness (QED) is 0.820. The van der Waals surface area contributed by atoms with E-state index in [1.807, 2.05) is 18.7 Å². The molecule has 1 aliphatic rings. The molecule has 0 bridgehead atoms. The summed E-state index contributed by atoms with van der Waals surface area (Å²) in [6, 6.07) is 2.71. The maximum absolute atomic E-state index is 9.21. The van der Waals surface area contributed by atoms with Crippen molar-refractivity contribution in [2.75, 3.05) is 25.0 Å². The molecular weight excluding hydrogens is 214 g/mol. The number of likely N-dealkylation sites (N-methyl/N-ethyl adjacent to an activating group) is 1. The van der Waals surface area contributed by atoms with Gasteiger partial charge in [0.1, 0.15) is 17.5 Å². The van der Waals surface area contributed by atoms with Crippen LogP contribution in [0, 0.1) is 18.3 Å². The highest BCUT2D eigenvalue weighted by Gasteiger charge is 2.24. The predicted molar refractivity (Wildman–Crippen MR) is 67.0 cm³/mol. The van der Waals surface area contributed by atoms with Gasteiger partial charge in [-0.25, -0.2) is 0 Å². The molecule has 1 fully saturated rings. The van der Waals surface area contributed by atoms with Crippen molar-refractivity contribution in [1.29, 1.82) is 5.26 Å². The van der Waals surface area contributed by atoms with Gasteiger partial charge >= 0.3 is 0 Å². The van der Waals surface area contributed by atoms with Crippen molar-refractivity contribution in [3.63, 3.8) is 0 Å². The summed E-state index contributed by atoms with van der Waals surface area (Å²) in [6.45, 7) is 3.96. The van der Waals surface area contributed by atoms with E-state index in [2.05, 4.69) is 28.4 Å². The van der Waals surface area contributed by atoms with Gasteiger partial charge in [0.2, 0.25) is 0 Å². The Morgan fingerprint density at radius 2 is 2.35 bits per heavy atom. The second-order valence-corrected chi connectivity index (χ2v) is 4.63. The monoisotopic (exact) mass is 233 g/mol. The van der Waals surface area contributed by atoms with E-state index in [0.717, 1.165) is 24.6 Å². The molecule has 0 saturated carbocycles. The first kappa shape index (κ1) is 11.9. The Morgan fingerprint density at radius 3 is 2.94 bits per heavy atom. The summed E-state index contributed by atoms with van der Waals surface area (Å²) in [4.78, 5) is 2.19. The number of nitriles is 1. The van der Waals surface area contributed by atoms with Gasteiger partial charge in [-0.1, -0.05) is 0 Å². The SMILES string of the molecule is Cc1nn(C)c(N(C)C2CCCNC2)c1C#N. The number of nitrogens with one attached hydrogen (secondary N) is 1. The average molecular weight is 233 g/mol. The minimum absolute atomic E-state index is 0.450. The number of piperidine rings is 1. The van der Waals surface area contributed by atoms with Crippen molar-refractivity contribution in [3.8, 4) is 6.07 Å². The van der Waals surface area contributed by atoms with Gasteiger partial charge in [-0.15, -0.1) is 0 Å². The smallest absolute Gasteiger partial charge is 0.145 e. The molecule has 2 rings (SSSR count). The van der Waals surface area contributed by atoms with Crippen molar-refractivity contribution in [2.45, 2.75) is 25.8 Å². The van der Waals surface area contributed by atoms with E-state index in [1.54, 1.807) is 0 Å². The number of nitrogens with zero attached hydrogens (tertiary/aromatic N) is 4. The molecule has 1 atom stereocenters. The van der Waals surface area contributed by atoms with Crippen molar-refractivity contribution >= 4 is 5.82 Å². The molecule has 0 amide bonds. The second kappa shape index (κ2) is 4.76. The number of rotatable bonds is 2. The topological polar surface area (TPSA) is 56.9 Å². The van der Waals surface area contributed by atoms with E-state index in [0.29, 0.717) is 11.6 Å². The summed E-state index contributed by atoms with van der Waals surface area (Å²) < 4.78 is 1.81. The molecule has 2 heterocycles. The lowest BCUT2D eigenvalue weighted by atomic mass is 10.1. The third kappa shape index (κ3) is 2.13. The van der Waals surface area contributed by atoms with Crippen LogP contribution in [-0.4, -0.2) is 36.0 Å². The fraction of sp³-hybridized carbons (Fsp3) is 0.667. The fourth-order valence-electron chi connectivity index (χ4n) is 2.52.